The van der Waals surface area contributed by atoms with E-state index >= 15 is 0 Å². The summed E-state index contributed by atoms with van der Waals surface area (Å²) in [5.41, 5.74) is 1.84. The molecule has 0 fully saturated rings. The van der Waals surface area contributed by atoms with Crippen molar-refractivity contribution in [3.8, 4) is 0 Å². The summed E-state index contributed by atoms with van der Waals surface area (Å²) >= 11 is 12.5. The maximum absolute atomic E-state index is 14.0. The highest BCUT2D eigenvalue weighted by Crippen LogP contribution is 2.30. The fourth-order valence-electron chi connectivity index (χ4n) is 4.12. The van der Waals surface area contributed by atoms with Gasteiger partial charge in [0.15, 0.2) is 0 Å². The van der Waals surface area contributed by atoms with Gasteiger partial charge in [-0.3, -0.25) is 13.9 Å². The van der Waals surface area contributed by atoms with E-state index < -0.39 is 28.5 Å². The van der Waals surface area contributed by atoms with Crippen LogP contribution in [0.15, 0.2) is 77.7 Å². The van der Waals surface area contributed by atoms with Crippen molar-refractivity contribution in [1.29, 1.82) is 0 Å². The average Bonchev–Trinajstić information content (AvgIpc) is 2.90. The van der Waals surface area contributed by atoms with Crippen molar-refractivity contribution in [1.82, 2.24) is 10.2 Å². The Hall–Kier alpha value is -3.07. The first-order valence-electron chi connectivity index (χ1n) is 12.7. The van der Waals surface area contributed by atoms with Gasteiger partial charge in [0.05, 0.1) is 10.6 Å². The van der Waals surface area contributed by atoms with Gasteiger partial charge in [0.25, 0.3) is 10.0 Å². The minimum absolute atomic E-state index is 0.0133. The van der Waals surface area contributed by atoms with Crippen LogP contribution in [-0.2, 0) is 26.2 Å². The number of anilines is 1. The van der Waals surface area contributed by atoms with Crippen molar-refractivity contribution in [3.63, 3.8) is 0 Å². The highest BCUT2D eigenvalue weighted by molar-refractivity contribution is 7.92. The predicted octanol–water partition coefficient (Wildman–Crippen LogP) is 5.83. The number of benzene rings is 3. The van der Waals surface area contributed by atoms with Gasteiger partial charge in [-0.15, -0.1) is 0 Å². The first kappa shape index (κ1) is 30.5. The smallest absolute Gasteiger partial charge is 0.264 e. The number of hydrogen-bond acceptors (Lipinski definition) is 4. The van der Waals surface area contributed by atoms with Gasteiger partial charge in [-0.05, 0) is 55.7 Å². The van der Waals surface area contributed by atoms with Crippen molar-refractivity contribution >= 4 is 50.7 Å². The minimum atomic E-state index is -4.20. The number of aryl methyl sites for hydroxylation is 1. The molecule has 0 aliphatic heterocycles. The zero-order chi connectivity index (χ0) is 28.6. The van der Waals surface area contributed by atoms with Gasteiger partial charge in [0.2, 0.25) is 11.8 Å². The van der Waals surface area contributed by atoms with E-state index in [2.05, 4.69) is 5.32 Å². The van der Waals surface area contributed by atoms with Crippen LogP contribution in [-0.4, -0.2) is 44.3 Å². The molecule has 3 rings (SSSR count). The molecule has 208 valence electrons. The Kier molecular flexibility index (Phi) is 10.8. The molecule has 0 saturated heterocycles. The summed E-state index contributed by atoms with van der Waals surface area (Å²) < 4.78 is 28.8. The molecule has 0 unspecified atom stereocenters. The molecule has 3 aromatic carbocycles. The Bertz CT molecular complexity index is 1360. The van der Waals surface area contributed by atoms with Crippen molar-refractivity contribution < 1.29 is 18.0 Å². The SMILES string of the molecule is CCCNC(=O)[C@@H](CC)N(Cc1ccccc1)C(=O)CN(c1cc(Cl)cc(Cl)c1)S(=O)(=O)c1ccc(C)cc1. The fraction of sp³-hybridized carbons (Fsp3) is 0.310. The van der Waals surface area contributed by atoms with Crippen LogP contribution in [0.1, 0.15) is 37.8 Å². The van der Waals surface area contributed by atoms with Crippen LogP contribution in [0.2, 0.25) is 10.0 Å². The van der Waals surface area contributed by atoms with Gasteiger partial charge >= 0.3 is 0 Å². The Morgan fingerprint density at radius 2 is 1.54 bits per heavy atom. The number of carbonyl (C=O) groups is 2. The molecule has 0 radical (unpaired) electrons. The maximum Gasteiger partial charge on any atom is 0.264 e. The van der Waals surface area contributed by atoms with E-state index in [9.17, 15) is 18.0 Å². The lowest BCUT2D eigenvalue weighted by molar-refractivity contribution is -0.140. The highest BCUT2D eigenvalue weighted by Gasteiger charge is 2.33. The van der Waals surface area contributed by atoms with Crippen molar-refractivity contribution in [2.45, 2.75) is 51.1 Å². The number of nitrogens with one attached hydrogen (secondary N) is 1. The van der Waals surface area contributed by atoms with Crippen LogP contribution in [0.4, 0.5) is 5.69 Å². The number of rotatable bonds is 12. The molecule has 1 atom stereocenters. The molecule has 39 heavy (non-hydrogen) atoms. The van der Waals surface area contributed by atoms with E-state index in [0.29, 0.717) is 13.0 Å². The van der Waals surface area contributed by atoms with Crippen molar-refractivity contribution in [2.75, 3.05) is 17.4 Å². The van der Waals surface area contributed by atoms with Crippen LogP contribution >= 0.6 is 23.2 Å². The topological polar surface area (TPSA) is 86.8 Å². The number of amides is 2. The lowest BCUT2D eigenvalue weighted by atomic mass is 10.1. The lowest BCUT2D eigenvalue weighted by Gasteiger charge is -2.33. The number of nitrogens with zero attached hydrogens (tertiary/aromatic N) is 2. The molecule has 3 aromatic rings. The van der Waals surface area contributed by atoms with E-state index in [1.807, 2.05) is 51.1 Å². The number of sulfonamides is 1. The van der Waals surface area contributed by atoms with E-state index in [4.69, 9.17) is 23.2 Å². The highest BCUT2D eigenvalue weighted by atomic mass is 35.5. The molecular weight excluding hydrogens is 557 g/mol. The second kappa shape index (κ2) is 13.8. The third kappa shape index (κ3) is 7.97. The van der Waals surface area contributed by atoms with Crippen LogP contribution in [0.5, 0.6) is 0 Å². The summed E-state index contributed by atoms with van der Waals surface area (Å²) in [6.45, 7) is 5.66. The van der Waals surface area contributed by atoms with Gasteiger partial charge < -0.3 is 10.2 Å². The largest absolute Gasteiger partial charge is 0.354 e. The molecule has 0 saturated carbocycles. The molecule has 10 heteroatoms. The number of carbonyl (C=O) groups excluding carboxylic acids is 2. The van der Waals surface area contributed by atoms with E-state index in [1.54, 1.807) is 12.1 Å². The molecule has 0 aliphatic rings. The normalized spacial score (nSPS) is 12.0. The Morgan fingerprint density at radius 3 is 2.10 bits per heavy atom. The third-order valence-corrected chi connectivity index (χ3v) is 8.38. The molecular formula is C29H33Cl2N3O4S. The lowest BCUT2D eigenvalue weighted by Crippen LogP contribution is -2.52. The van der Waals surface area contributed by atoms with Gasteiger partial charge in [0.1, 0.15) is 12.6 Å². The molecule has 7 nitrogen and oxygen atoms in total. The summed E-state index contributed by atoms with van der Waals surface area (Å²) in [5.74, 6) is -0.827. The summed E-state index contributed by atoms with van der Waals surface area (Å²) in [6, 6.07) is 19.2. The van der Waals surface area contributed by atoms with E-state index in [-0.39, 0.29) is 33.1 Å². The molecule has 0 bridgehead atoms. The monoisotopic (exact) mass is 589 g/mol. The molecule has 2 amide bonds. The third-order valence-electron chi connectivity index (χ3n) is 6.15. The van der Waals surface area contributed by atoms with Crippen LogP contribution < -0.4 is 9.62 Å². The summed E-state index contributed by atoms with van der Waals surface area (Å²) in [5, 5.41) is 3.31. The number of halogens is 2. The molecule has 0 aromatic heterocycles. The average molecular weight is 591 g/mol. The van der Waals surface area contributed by atoms with E-state index in [0.717, 1.165) is 21.9 Å². The zero-order valence-electron chi connectivity index (χ0n) is 22.2. The fourth-order valence-corrected chi connectivity index (χ4v) is 6.03. The first-order chi connectivity index (χ1) is 18.6. The second-order valence-corrected chi connectivity index (χ2v) is 11.9. The van der Waals surface area contributed by atoms with Gasteiger partial charge in [-0.1, -0.05) is 85.1 Å². The standard InChI is InChI=1S/C29H33Cl2N3O4S/c1-4-15-32-29(36)27(5-2)33(19-22-9-7-6-8-10-22)28(35)20-34(25-17-23(30)16-24(31)18-25)39(37,38)26-13-11-21(3)12-14-26/h6-14,16-18,27H,4-5,15,19-20H2,1-3H3,(H,32,36)/t27-/m1/s1. The van der Waals surface area contributed by atoms with E-state index in [1.165, 1.54) is 35.2 Å². The van der Waals surface area contributed by atoms with Gasteiger partial charge in [0, 0.05) is 23.1 Å². The quantitative estimate of drug-likeness (QED) is 0.288. The first-order valence-corrected chi connectivity index (χ1v) is 14.9. The Morgan fingerprint density at radius 1 is 0.923 bits per heavy atom. The molecule has 0 heterocycles. The summed E-state index contributed by atoms with van der Waals surface area (Å²) in [7, 11) is -4.20. The zero-order valence-corrected chi connectivity index (χ0v) is 24.6. The summed E-state index contributed by atoms with van der Waals surface area (Å²) in [4.78, 5) is 28.5. The van der Waals surface area contributed by atoms with Crippen molar-refractivity contribution in [2.24, 2.45) is 0 Å². The molecule has 1 N–H and O–H groups in total. The van der Waals surface area contributed by atoms with Gasteiger partial charge in [-0.2, -0.15) is 0 Å². The minimum Gasteiger partial charge on any atom is -0.354 e. The van der Waals surface area contributed by atoms with Crippen LogP contribution in [0.3, 0.4) is 0 Å². The Balaban J connectivity index is 2.07. The number of hydrogen-bond donors (Lipinski definition) is 1. The summed E-state index contributed by atoms with van der Waals surface area (Å²) in [6.07, 6.45) is 1.09. The van der Waals surface area contributed by atoms with Crippen LogP contribution in [0, 0.1) is 6.92 Å². The molecule has 0 spiro atoms. The molecule has 0 aliphatic carbocycles. The van der Waals surface area contributed by atoms with Crippen LogP contribution in [0.25, 0.3) is 0 Å². The Labute approximate surface area is 240 Å². The van der Waals surface area contributed by atoms with Gasteiger partial charge in [-0.25, -0.2) is 8.42 Å². The maximum atomic E-state index is 14.0. The predicted molar refractivity (Wildman–Crippen MR) is 157 cm³/mol. The second-order valence-electron chi connectivity index (χ2n) is 9.17. The van der Waals surface area contributed by atoms with Crippen molar-refractivity contribution in [3.05, 3.63) is 94.0 Å².